The molecule has 2 amide bonds. The van der Waals surface area contributed by atoms with Gasteiger partial charge in [-0.1, -0.05) is 78.8 Å². The SMILES string of the molecule is C=C(c1ccccc1)[C@@H]1N(C)C(=O)[C@H](Cc2ccccc2)N1C(=O)c1cc(F)ccc1N/N=C(\Cl)C(=O)OCC. The number of nitrogens with zero attached hydrogens (tertiary/aromatic N) is 3. The number of hydrogen-bond donors (Lipinski definition) is 1. The molecule has 1 N–H and O–H groups in total. The molecule has 8 nitrogen and oxygen atoms in total. The highest BCUT2D eigenvalue weighted by molar-refractivity contribution is 6.82. The summed E-state index contributed by atoms with van der Waals surface area (Å²) in [5.41, 5.74) is 4.66. The number of anilines is 1. The molecule has 0 bridgehead atoms. The fraction of sp³-hybridized carbons (Fsp3) is 0.200. The van der Waals surface area contributed by atoms with E-state index in [-0.39, 0.29) is 30.2 Å². The lowest BCUT2D eigenvalue weighted by atomic mass is 10.0. The zero-order valence-corrected chi connectivity index (χ0v) is 22.8. The number of hydrogen-bond acceptors (Lipinski definition) is 6. The molecule has 1 heterocycles. The maximum atomic E-state index is 14.5. The highest BCUT2D eigenvalue weighted by Crippen LogP contribution is 2.34. The molecule has 1 saturated heterocycles. The molecule has 0 saturated carbocycles. The number of benzene rings is 3. The summed E-state index contributed by atoms with van der Waals surface area (Å²) in [6, 6.07) is 21.1. The van der Waals surface area contributed by atoms with E-state index in [1.165, 1.54) is 15.9 Å². The number of nitrogens with one attached hydrogen (secondary N) is 1. The van der Waals surface area contributed by atoms with E-state index < -0.39 is 35.1 Å². The van der Waals surface area contributed by atoms with Gasteiger partial charge in [0.1, 0.15) is 18.0 Å². The van der Waals surface area contributed by atoms with Gasteiger partial charge in [0.15, 0.2) is 0 Å². The molecular formula is C30H28ClFN4O4. The molecule has 10 heteroatoms. The van der Waals surface area contributed by atoms with E-state index in [1.807, 2.05) is 60.7 Å². The standard InChI is InChI=1S/C30H28ClFN4O4/c1-4-40-30(39)26(31)34-33-24-16-15-22(32)18-23(24)28(37)36-25(17-20-11-7-5-8-12-20)29(38)35(3)27(36)19(2)21-13-9-6-10-14-21/h5-16,18,25,27,33H,2,4,17H2,1,3H3/b34-26-/t25-,27+/m0/s1. The molecule has 0 unspecified atom stereocenters. The predicted molar refractivity (Wildman–Crippen MR) is 152 cm³/mol. The van der Waals surface area contributed by atoms with Gasteiger partial charge in [-0.05, 0) is 41.8 Å². The summed E-state index contributed by atoms with van der Waals surface area (Å²) in [6.45, 7) is 5.94. The second kappa shape index (κ2) is 12.6. The fourth-order valence-corrected chi connectivity index (χ4v) is 4.68. The molecule has 3 aromatic carbocycles. The average Bonchev–Trinajstić information content (AvgIpc) is 3.21. The van der Waals surface area contributed by atoms with E-state index in [4.69, 9.17) is 16.3 Å². The Bertz CT molecular complexity index is 1450. The van der Waals surface area contributed by atoms with Gasteiger partial charge in [-0.25, -0.2) is 9.18 Å². The van der Waals surface area contributed by atoms with Crippen LogP contribution in [-0.2, 0) is 20.7 Å². The first-order valence-corrected chi connectivity index (χ1v) is 12.9. The molecule has 0 aliphatic carbocycles. The van der Waals surface area contributed by atoms with Gasteiger partial charge in [0, 0.05) is 13.5 Å². The molecule has 1 fully saturated rings. The van der Waals surface area contributed by atoms with Crippen LogP contribution in [0.1, 0.15) is 28.4 Å². The van der Waals surface area contributed by atoms with Crippen LogP contribution in [-0.4, -0.2) is 58.6 Å². The molecule has 0 aromatic heterocycles. The maximum Gasteiger partial charge on any atom is 0.370 e. The van der Waals surface area contributed by atoms with Crippen LogP contribution < -0.4 is 5.43 Å². The number of likely N-dealkylation sites (N-methyl/N-ethyl adjacent to an activating group) is 1. The minimum Gasteiger partial charge on any atom is -0.461 e. The minimum absolute atomic E-state index is 0.0818. The highest BCUT2D eigenvalue weighted by Gasteiger charge is 2.48. The number of halogens is 2. The molecular weight excluding hydrogens is 535 g/mol. The third-order valence-electron chi connectivity index (χ3n) is 6.49. The number of hydrazone groups is 1. The molecule has 1 aliphatic heterocycles. The lowest BCUT2D eigenvalue weighted by Gasteiger charge is -2.32. The fourth-order valence-electron chi connectivity index (χ4n) is 4.59. The summed E-state index contributed by atoms with van der Waals surface area (Å²) in [6.07, 6.45) is -0.613. The lowest BCUT2D eigenvalue weighted by Crippen LogP contribution is -2.45. The quantitative estimate of drug-likeness (QED) is 0.227. The number of rotatable bonds is 9. The molecule has 3 aromatic rings. The zero-order chi connectivity index (χ0) is 28.8. The molecule has 0 radical (unpaired) electrons. The zero-order valence-electron chi connectivity index (χ0n) is 22.0. The molecule has 1 aliphatic rings. The Morgan fingerprint density at radius 2 is 1.73 bits per heavy atom. The van der Waals surface area contributed by atoms with Crippen molar-refractivity contribution in [3.8, 4) is 0 Å². The predicted octanol–water partition coefficient (Wildman–Crippen LogP) is 4.92. The highest BCUT2D eigenvalue weighted by atomic mass is 35.5. The topological polar surface area (TPSA) is 91.3 Å². The van der Waals surface area contributed by atoms with Crippen LogP contribution in [0.4, 0.5) is 10.1 Å². The monoisotopic (exact) mass is 562 g/mol. The number of esters is 1. The van der Waals surface area contributed by atoms with E-state index in [9.17, 15) is 18.8 Å². The van der Waals surface area contributed by atoms with Gasteiger partial charge >= 0.3 is 5.97 Å². The normalized spacial score (nSPS) is 17.1. The van der Waals surface area contributed by atoms with E-state index in [2.05, 4.69) is 17.1 Å². The molecule has 40 heavy (non-hydrogen) atoms. The van der Waals surface area contributed by atoms with Crippen LogP contribution in [0, 0.1) is 5.82 Å². The summed E-state index contributed by atoms with van der Waals surface area (Å²) in [5, 5.41) is 3.30. The van der Waals surface area contributed by atoms with Crippen LogP contribution in [0.25, 0.3) is 5.57 Å². The minimum atomic E-state index is -0.895. The maximum absolute atomic E-state index is 14.5. The molecule has 0 spiro atoms. The number of carbonyl (C=O) groups is 3. The Kier molecular flexibility index (Phi) is 8.96. The summed E-state index contributed by atoms with van der Waals surface area (Å²) in [7, 11) is 1.61. The van der Waals surface area contributed by atoms with Gasteiger partial charge in [0.05, 0.1) is 17.9 Å². The van der Waals surface area contributed by atoms with Crippen molar-refractivity contribution >= 4 is 45.8 Å². The van der Waals surface area contributed by atoms with Crippen LogP contribution in [0.3, 0.4) is 0 Å². The lowest BCUT2D eigenvalue weighted by molar-refractivity contribution is -0.134. The van der Waals surface area contributed by atoms with E-state index in [1.54, 1.807) is 14.0 Å². The summed E-state index contributed by atoms with van der Waals surface area (Å²) in [4.78, 5) is 42.6. The van der Waals surface area contributed by atoms with Crippen LogP contribution in [0.15, 0.2) is 90.5 Å². The third kappa shape index (κ3) is 6.05. The Balaban J connectivity index is 1.77. The number of carbonyl (C=O) groups excluding carboxylic acids is 3. The number of amides is 2. The Labute approximate surface area is 236 Å². The average molecular weight is 563 g/mol. The Morgan fingerprint density at radius 1 is 1.07 bits per heavy atom. The second-order valence-corrected chi connectivity index (χ2v) is 9.41. The summed E-state index contributed by atoms with van der Waals surface area (Å²) >= 11 is 5.92. The van der Waals surface area contributed by atoms with Crippen molar-refractivity contribution in [2.45, 2.75) is 25.6 Å². The van der Waals surface area contributed by atoms with Crippen molar-refractivity contribution in [1.82, 2.24) is 9.80 Å². The van der Waals surface area contributed by atoms with Gasteiger partial charge in [0.2, 0.25) is 11.1 Å². The number of ether oxygens (including phenoxy) is 1. The van der Waals surface area contributed by atoms with Crippen molar-refractivity contribution in [3.05, 3.63) is 108 Å². The van der Waals surface area contributed by atoms with Crippen LogP contribution >= 0.6 is 11.6 Å². The van der Waals surface area contributed by atoms with Crippen molar-refractivity contribution in [2.75, 3.05) is 19.1 Å². The Hall–Kier alpha value is -4.50. The van der Waals surface area contributed by atoms with Gasteiger partial charge in [-0.2, -0.15) is 5.10 Å². The van der Waals surface area contributed by atoms with Crippen molar-refractivity contribution < 1.29 is 23.5 Å². The molecule has 4 rings (SSSR count). The van der Waals surface area contributed by atoms with Crippen molar-refractivity contribution in [1.29, 1.82) is 0 Å². The first-order valence-electron chi connectivity index (χ1n) is 12.6. The van der Waals surface area contributed by atoms with E-state index in [0.29, 0.717) is 5.57 Å². The first kappa shape index (κ1) is 28.5. The van der Waals surface area contributed by atoms with E-state index >= 15 is 0 Å². The molecule has 206 valence electrons. The van der Waals surface area contributed by atoms with Gasteiger partial charge in [-0.3, -0.25) is 15.0 Å². The largest absolute Gasteiger partial charge is 0.461 e. The third-order valence-corrected chi connectivity index (χ3v) is 6.73. The van der Waals surface area contributed by atoms with Crippen molar-refractivity contribution in [2.24, 2.45) is 5.10 Å². The summed E-state index contributed by atoms with van der Waals surface area (Å²) < 4.78 is 19.3. The van der Waals surface area contributed by atoms with Gasteiger partial charge < -0.3 is 14.5 Å². The van der Waals surface area contributed by atoms with Gasteiger partial charge in [0.25, 0.3) is 5.91 Å². The smallest absolute Gasteiger partial charge is 0.370 e. The summed E-state index contributed by atoms with van der Waals surface area (Å²) in [5.74, 6) is -2.45. The van der Waals surface area contributed by atoms with Gasteiger partial charge in [-0.15, -0.1) is 0 Å². The second-order valence-electron chi connectivity index (χ2n) is 9.06. The van der Waals surface area contributed by atoms with Crippen LogP contribution in [0.2, 0.25) is 0 Å². The van der Waals surface area contributed by atoms with Crippen molar-refractivity contribution in [3.63, 3.8) is 0 Å². The Morgan fingerprint density at radius 3 is 2.38 bits per heavy atom. The molecule has 2 atom stereocenters. The first-order chi connectivity index (χ1) is 19.2. The van der Waals surface area contributed by atoms with E-state index in [0.717, 1.165) is 23.3 Å². The van der Waals surface area contributed by atoms with Crippen LogP contribution in [0.5, 0.6) is 0 Å².